The molecule has 3 aromatic rings. The van der Waals surface area contributed by atoms with Crippen molar-refractivity contribution in [1.82, 2.24) is 24.4 Å². The van der Waals surface area contributed by atoms with Gasteiger partial charge >= 0.3 is 0 Å². The van der Waals surface area contributed by atoms with Gasteiger partial charge in [-0.25, -0.2) is 17.7 Å². The number of aromatic nitrogens is 3. The lowest BCUT2D eigenvalue weighted by molar-refractivity contribution is 0.0923. The number of nitrogens with zero attached hydrogens (tertiary/aromatic N) is 4. The van der Waals surface area contributed by atoms with Crippen molar-refractivity contribution < 1.29 is 13.2 Å². The van der Waals surface area contributed by atoms with Crippen molar-refractivity contribution in [3.05, 3.63) is 47.7 Å². The van der Waals surface area contributed by atoms with E-state index >= 15 is 0 Å². The van der Waals surface area contributed by atoms with Crippen molar-refractivity contribution in [3.8, 4) is 11.3 Å². The summed E-state index contributed by atoms with van der Waals surface area (Å²) in [5, 5.41) is 8.19. The molecule has 1 saturated heterocycles. The van der Waals surface area contributed by atoms with Gasteiger partial charge in [-0.2, -0.15) is 5.10 Å². The number of benzene rings is 1. The van der Waals surface area contributed by atoms with E-state index in [0.717, 1.165) is 17.7 Å². The van der Waals surface area contributed by atoms with Crippen molar-refractivity contribution in [2.24, 2.45) is 7.05 Å². The Morgan fingerprint density at radius 2 is 1.97 bits per heavy atom. The molecule has 2 aromatic heterocycles. The number of amides is 1. The van der Waals surface area contributed by atoms with Crippen LogP contribution in [-0.4, -0.2) is 58.8 Å². The molecular weight excluding hydrogens is 402 g/mol. The molecule has 0 saturated carbocycles. The second kappa shape index (κ2) is 7.81. The Labute approximate surface area is 176 Å². The maximum Gasteiger partial charge on any atom is 0.252 e. The Bertz CT molecular complexity index is 1200. The second-order valence-electron chi connectivity index (χ2n) is 7.76. The van der Waals surface area contributed by atoms with Gasteiger partial charge in [-0.1, -0.05) is 30.3 Å². The number of aryl methyl sites for hydroxylation is 2. The molecule has 0 radical (unpaired) electrons. The van der Waals surface area contributed by atoms with E-state index < -0.39 is 10.0 Å². The lowest BCUT2D eigenvalue weighted by atomic mass is 10.0. The molecule has 1 amide bonds. The second-order valence-corrected chi connectivity index (χ2v) is 9.74. The molecule has 1 fully saturated rings. The summed E-state index contributed by atoms with van der Waals surface area (Å²) in [5.41, 5.74) is 3.47. The monoisotopic (exact) mass is 427 g/mol. The molecule has 1 aliphatic rings. The zero-order valence-electron chi connectivity index (χ0n) is 17.3. The maximum absolute atomic E-state index is 13.3. The number of pyridine rings is 1. The summed E-state index contributed by atoms with van der Waals surface area (Å²) in [6, 6.07) is 11.2. The van der Waals surface area contributed by atoms with Gasteiger partial charge in [0, 0.05) is 31.7 Å². The zero-order valence-corrected chi connectivity index (χ0v) is 18.1. The number of fused-ring (bicyclic) bond motifs is 1. The van der Waals surface area contributed by atoms with E-state index in [4.69, 9.17) is 4.98 Å². The maximum atomic E-state index is 13.3. The Kier molecular flexibility index (Phi) is 5.33. The third kappa shape index (κ3) is 3.95. The number of carbonyl (C=O) groups is 1. The highest BCUT2D eigenvalue weighted by Crippen LogP contribution is 2.27. The van der Waals surface area contributed by atoms with Gasteiger partial charge in [-0.05, 0) is 25.8 Å². The fourth-order valence-electron chi connectivity index (χ4n) is 4.01. The molecule has 0 aliphatic carbocycles. The molecule has 0 spiro atoms. The summed E-state index contributed by atoms with van der Waals surface area (Å²) in [5.74, 6) is -0.240. The zero-order chi connectivity index (χ0) is 21.5. The molecule has 4 rings (SSSR count). The van der Waals surface area contributed by atoms with Crippen LogP contribution in [-0.2, 0) is 17.1 Å². The van der Waals surface area contributed by atoms with Crippen molar-refractivity contribution in [1.29, 1.82) is 0 Å². The Balaban J connectivity index is 1.71. The highest BCUT2D eigenvalue weighted by molar-refractivity contribution is 7.88. The normalized spacial score (nSPS) is 17.9. The van der Waals surface area contributed by atoms with Crippen LogP contribution in [0.4, 0.5) is 0 Å². The number of hydrogen-bond acceptors (Lipinski definition) is 5. The lowest BCUT2D eigenvalue weighted by Gasteiger charge is -2.31. The average molecular weight is 428 g/mol. The first-order valence-electron chi connectivity index (χ1n) is 9.90. The minimum Gasteiger partial charge on any atom is -0.348 e. The largest absolute Gasteiger partial charge is 0.348 e. The molecule has 158 valence electrons. The average Bonchev–Trinajstić information content (AvgIpc) is 3.01. The van der Waals surface area contributed by atoms with Gasteiger partial charge in [0.25, 0.3) is 5.91 Å². The minimum absolute atomic E-state index is 0.235. The highest BCUT2D eigenvalue weighted by Gasteiger charge is 2.28. The van der Waals surface area contributed by atoms with Crippen molar-refractivity contribution >= 4 is 27.0 Å². The fraction of sp³-hybridized carbons (Fsp3) is 0.381. The molecule has 1 aromatic carbocycles. The molecule has 9 heteroatoms. The van der Waals surface area contributed by atoms with E-state index in [1.165, 1.54) is 10.6 Å². The van der Waals surface area contributed by atoms with Gasteiger partial charge in [0.2, 0.25) is 10.0 Å². The first-order chi connectivity index (χ1) is 14.2. The Morgan fingerprint density at radius 1 is 1.23 bits per heavy atom. The number of rotatable bonds is 4. The predicted octanol–water partition coefficient (Wildman–Crippen LogP) is 2.10. The van der Waals surface area contributed by atoms with E-state index in [1.54, 1.807) is 10.7 Å². The number of piperidine rings is 1. The summed E-state index contributed by atoms with van der Waals surface area (Å²) < 4.78 is 26.9. The summed E-state index contributed by atoms with van der Waals surface area (Å²) >= 11 is 0. The number of carbonyl (C=O) groups excluding carboxylic acids is 1. The molecule has 1 unspecified atom stereocenters. The van der Waals surface area contributed by atoms with E-state index in [0.29, 0.717) is 35.3 Å². The van der Waals surface area contributed by atoms with Gasteiger partial charge in [-0.15, -0.1) is 0 Å². The van der Waals surface area contributed by atoms with E-state index in [9.17, 15) is 13.2 Å². The summed E-state index contributed by atoms with van der Waals surface area (Å²) in [7, 11) is -1.47. The van der Waals surface area contributed by atoms with E-state index in [1.807, 2.05) is 44.3 Å². The van der Waals surface area contributed by atoms with E-state index in [-0.39, 0.29) is 18.5 Å². The molecule has 1 N–H and O–H groups in total. The van der Waals surface area contributed by atoms with Crippen LogP contribution in [0.5, 0.6) is 0 Å². The Morgan fingerprint density at radius 3 is 2.67 bits per heavy atom. The lowest BCUT2D eigenvalue weighted by Crippen LogP contribution is -2.49. The van der Waals surface area contributed by atoms with Gasteiger partial charge < -0.3 is 5.32 Å². The topological polar surface area (TPSA) is 97.2 Å². The van der Waals surface area contributed by atoms with Crippen LogP contribution in [0.1, 0.15) is 28.9 Å². The van der Waals surface area contributed by atoms with Crippen LogP contribution < -0.4 is 5.32 Å². The number of hydrogen-bond donors (Lipinski definition) is 1. The first-order valence-corrected chi connectivity index (χ1v) is 11.7. The van der Waals surface area contributed by atoms with E-state index in [2.05, 4.69) is 10.4 Å². The third-order valence-corrected chi connectivity index (χ3v) is 6.74. The van der Waals surface area contributed by atoms with Crippen molar-refractivity contribution in [2.45, 2.75) is 25.8 Å². The SMILES string of the molecule is Cc1nn(C)c2nc(-c3ccccc3)cc(C(=O)NC3CCCN(S(C)(=O)=O)C3)c12. The van der Waals surface area contributed by atoms with Gasteiger partial charge in [-0.3, -0.25) is 9.48 Å². The van der Waals surface area contributed by atoms with Gasteiger partial charge in [0.05, 0.1) is 28.6 Å². The van der Waals surface area contributed by atoms with Crippen LogP contribution in [0.15, 0.2) is 36.4 Å². The smallest absolute Gasteiger partial charge is 0.252 e. The fourth-order valence-corrected chi connectivity index (χ4v) is 4.92. The summed E-state index contributed by atoms with van der Waals surface area (Å²) in [6.07, 6.45) is 2.66. The van der Waals surface area contributed by atoms with Crippen LogP contribution in [0.3, 0.4) is 0 Å². The summed E-state index contributed by atoms with van der Waals surface area (Å²) in [6.45, 7) is 2.63. The number of sulfonamides is 1. The quantitative estimate of drug-likeness (QED) is 0.688. The van der Waals surface area contributed by atoms with Crippen LogP contribution >= 0.6 is 0 Å². The number of nitrogens with one attached hydrogen (secondary N) is 1. The standard InChI is InChI=1S/C21H25N5O3S/c1-14-19-17(21(27)22-16-10-7-11-26(13-16)30(3,28)29)12-18(15-8-5-4-6-9-15)23-20(19)25(2)24-14/h4-6,8-9,12,16H,7,10-11,13H2,1-3H3,(H,22,27). The van der Waals surface area contributed by atoms with Crippen molar-refractivity contribution in [2.75, 3.05) is 19.3 Å². The van der Waals surface area contributed by atoms with Gasteiger partial charge in [0.1, 0.15) is 0 Å². The van der Waals surface area contributed by atoms with Crippen LogP contribution in [0.25, 0.3) is 22.3 Å². The minimum atomic E-state index is -3.28. The molecular formula is C21H25N5O3S. The molecule has 1 atom stereocenters. The van der Waals surface area contributed by atoms with Crippen molar-refractivity contribution in [3.63, 3.8) is 0 Å². The highest BCUT2D eigenvalue weighted by atomic mass is 32.2. The van der Waals surface area contributed by atoms with Crippen LogP contribution in [0, 0.1) is 6.92 Å². The molecule has 3 heterocycles. The first kappa shape index (κ1) is 20.5. The van der Waals surface area contributed by atoms with Gasteiger partial charge in [0.15, 0.2) is 5.65 Å². The third-order valence-electron chi connectivity index (χ3n) is 5.47. The molecule has 8 nitrogen and oxygen atoms in total. The molecule has 30 heavy (non-hydrogen) atoms. The molecule has 0 bridgehead atoms. The molecule has 1 aliphatic heterocycles. The van der Waals surface area contributed by atoms with Crippen LogP contribution in [0.2, 0.25) is 0 Å². The predicted molar refractivity (Wildman–Crippen MR) is 116 cm³/mol. The summed E-state index contributed by atoms with van der Waals surface area (Å²) in [4.78, 5) is 18.0. The Hall–Kier alpha value is -2.78.